The molecule has 0 spiro atoms. The molecule has 1 fully saturated rings. The van der Waals surface area contributed by atoms with Crippen molar-refractivity contribution in [3.63, 3.8) is 0 Å². The van der Waals surface area contributed by atoms with Crippen LogP contribution in [0.2, 0.25) is 0 Å². The first-order valence-electron chi connectivity index (χ1n) is 7.59. The van der Waals surface area contributed by atoms with Gasteiger partial charge in [-0.25, -0.2) is 0 Å². The summed E-state index contributed by atoms with van der Waals surface area (Å²) in [6.07, 6.45) is 1.74. The zero-order chi connectivity index (χ0) is 15.5. The fraction of sp³-hybridized carbons (Fsp3) is 0.438. The van der Waals surface area contributed by atoms with Crippen molar-refractivity contribution in [3.8, 4) is 0 Å². The molecule has 2 heterocycles. The Hall–Kier alpha value is -2.21. The number of aromatic nitrogens is 3. The highest BCUT2D eigenvalue weighted by Gasteiger charge is 2.16. The van der Waals surface area contributed by atoms with Crippen LogP contribution in [0.4, 0.5) is 17.5 Å². The summed E-state index contributed by atoms with van der Waals surface area (Å²) < 4.78 is 0. The first-order chi connectivity index (χ1) is 10.6. The number of rotatable bonds is 3. The molecule has 1 aromatic carbocycles. The minimum absolute atomic E-state index is 0.546. The third-order valence-corrected chi connectivity index (χ3v) is 4.01. The monoisotopic (exact) mass is 298 g/mol. The molecule has 22 heavy (non-hydrogen) atoms. The number of hydrogen-bond donors (Lipinski definition) is 1. The molecule has 6 heteroatoms. The highest BCUT2D eigenvalue weighted by Crippen LogP contribution is 2.20. The molecule has 2 aromatic rings. The third kappa shape index (κ3) is 3.33. The zero-order valence-corrected chi connectivity index (χ0v) is 13.4. The molecule has 1 aromatic heterocycles. The van der Waals surface area contributed by atoms with Crippen LogP contribution < -0.4 is 10.2 Å². The van der Waals surface area contributed by atoms with E-state index in [1.165, 1.54) is 11.1 Å². The number of nitrogens with one attached hydrogen (secondary N) is 1. The van der Waals surface area contributed by atoms with Crippen LogP contribution in [0.1, 0.15) is 11.1 Å². The summed E-state index contributed by atoms with van der Waals surface area (Å²) in [6.45, 7) is 8.17. The van der Waals surface area contributed by atoms with E-state index >= 15 is 0 Å². The van der Waals surface area contributed by atoms with Gasteiger partial charge in [0.1, 0.15) is 0 Å². The van der Waals surface area contributed by atoms with Crippen LogP contribution in [0.5, 0.6) is 0 Å². The summed E-state index contributed by atoms with van der Waals surface area (Å²) in [6, 6.07) is 6.29. The second kappa shape index (κ2) is 6.27. The first-order valence-corrected chi connectivity index (χ1v) is 7.59. The molecule has 6 nitrogen and oxygen atoms in total. The number of likely N-dealkylation sites (N-methyl/N-ethyl adjacent to an activating group) is 1. The molecule has 116 valence electrons. The highest BCUT2D eigenvalue weighted by atomic mass is 15.3. The van der Waals surface area contributed by atoms with Gasteiger partial charge in [-0.3, -0.25) is 0 Å². The number of aryl methyl sites for hydroxylation is 2. The molecule has 0 radical (unpaired) electrons. The van der Waals surface area contributed by atoms with E-state index in [1.807, 2.05) is 0 Å². The lowest BCUT2D eigenvalue weighted by molar-refractivity contribution is 0.312. The van der Waals surface area contributed by atoms with Crippen molar-refractivity contribution in [2.24, 2.45) is 0 Å². The zero-order valence-electron chi connectivity index (χ0n) is 13.4. The van der Waals surface area contributed by atoms with Crippen molar-refractivity contribution >= 4 is 17.5 Å². The Labute approximate surface area is 131 Å². The van der Waals surface area contributed by atoms with Crippen LogP contribution in [0.15, 0.2) is 24.4 Å². The Morgan fingerprint density at radius 3 is 2.64 bits per heavy atom. The second-order valence-electron chi connectivity index (χ2n) is 5.87. The van der Waals surface area contributed by atoms with Crippen molar-refractivity contribution < 1.29 is 0 Å². The van der Waals surface area contributed by atoms with Crippen molar-refractivity contribution in [2.45, 2.75) is 13.8 Å². The van der Waals surface area contributed by atoms with Gasteiger partial charge in [-0.1, -0.05) is 12.1 Å². The summed E-state index contributed by atoms with van der Waals surface area (Å²) in [7, 11) is 2.14. The van der Waals surface area contributed by atoms with E-state index in [-0.39, 0.29) is 0 Å². The Kier molecular flexibility index (Phi) is 4.20. The molecule has 3 rings (SSSR count). The second-order valence-corrected chi connectivity index (χ2v) is 5.87. The van der Waals surface area contributed by atoms with E-state index in [2.05, 4.69) is 69.4 Å². The molecule has 0 bridgehead atoms. The molecule has 1 aliphatic heterocycles. The average molecular weight is 298 g/mol. The number of nitrogens with zero attached hydrogens (tertiary/aromatic N) is 5. The van der Waals surface area contributed by atoms with Crippen LogP contribution in [-0.2, 0) is 0 Å². The highest BCUT2D eigenvalue weighted by molar-refractivity contribution is 5.59. The molecule has 1 N–H and O–H groups in total. The van der Waals surface area contributed by atoms with Crippen molar-refractivity contribution in [1.29, 1.82) is 0 Å². The summed E-state index contributed by atoms with van der Waals surface area (Å²) >= 11 is 0. The molecular formula is C16H22N6. The SMILES string of the molecule is Cc1ccc(C)c(Nc2nncc(N3CCN(C)CC3)n2)c1. The Balaban J connectivity index is 1.78. The van der Waals surface area contributed by atoms with Crippen molar-refractivity contribution in [1.82, 2.24) is 20.1 Å². The van der Waals surface area contributed by atoms with Gasteiger partial charge in [0.05, 0.1) is 6.20 Å². The Bertz CT molecular complexity index is 649. The summed E-state index contributed by atoms with van der Waals surface area (Å²) in [5.74, 6) is 1.43. The fourth-order valence-electron chi connectivity index (χ4n) is 2.53. The predicted molar refractivity (Wildman–Crippen MR) is 88.7 cm³/mol. The van der Waals surface area contributed by atoms with Crippen molar-refractivity contribution in [2.75, 3.05) is 43.4 Å². The van der Waals surface area contributed by atoms with Gasteiger partial charge in [0.2, 0.25) is 5.95 Å². The van der Waals surface area contributed by atoms with Gasteiger partial charge < -0.3 is 15.1 Å². The van der Waals surface area contributed by atoms with E-state index in [1.54, 1.807) is 6.20 Å². The van der Waals surface area contributed by atoms with Crippen LogP contribution in [0.3, 0.4) is 0 Å². The maximum absolute atomic E-state index is 4.61. The summed E-state index contributed by atoms with van der Waals surface area (Å²) in [4.78, 5) is 9.18. The van der Waals surface area contributed by atoms with Crippen LogP contribution in [-0.4, -0.2) is 53.3 Å². The number of hydrogen-bond acceptors (Lipinski definition) is 6. The van der Waals surface area contributed by atoms with Gasteiger partial charge in [-0.2, -0.15) is 10.1 Å². The van der Waals surface area contributed by atoms with E-state index in [0.29, 0.717) is 5.95 Å². The van der Waals surface area contributed by atoms with Crippen LogP contribution in [0.25, 0.3) is 0 Å². The van der Waals surface area contributed by atoms with Crippen LogP contribution >= 0.6 is 0 Å². The normalized spacial score (nSPS) is 15.9. The van der Waals surface area contributed by atoms with Crippen molar-refractivity contribution in [3.05, 3.63) is 35.5 Å². The smallest absolute Gasteiger partial charge is 0.249 e. The standard InChI is InChI=1S/C16H22N6/c1-12-4-5-13(2)14(10-12)18-16-19-15(11-17-20-16)22-8-6-21(3)7-9-22/h4-5,10-11H,6-9H2,1-3H3,(H,18,19,20). The maximum Gasteiger partial charge on any atom is 0.249 e. The lowest BCUT2D eigenvalue weighted by Crippen LogP contribution is -2.44. The number of benzene rings is 1. The topological polar surface area (TPSA) is 57.2 Å². The maximum atomic E-state index is 4.61. The van der Waals surface area contributed by atoms with Gasteiger partial charge in [0.15, 0.2) is 5.82 Å². The molecule has 0 saturated carbocycles. The number of anilines is 3. The molecule has 1 saturated heterocycles. The van der Waals surface area contributed by atoms with E-state index < -0.39 is 0 Å². The van der Waals surface area contributed by atoms with E-state index in [9.17, 15) is 0 Å². The first kappa shape index (κ1) is 14.7. The minimum atomic E-state index is 0.546. The molecule has 1 aliphatic rings. The van der Waals surface area contributed by atoms with Gasteiger partial charge in [0, 0.05) is 31.9 Å². The third-order valence-electron chi connectivity index (χ3n) is 4.01. The quantitative estimate of drug-likeness (QED) is 0.935. The molecule has 0 amide bonds. The lowest BCUT2D eigenvalue weighted by atomic mass is 10.1. The van der Waals surface area contributed by atoms with Gasteiger partial charge in [-0.05, 0) is 38.1 Å². The Morgan fingerprint density at radius 2 is 1.86 bits per heavy atom. The van der Waals surface area contributed by atoms with Crippen LogP contribution in [0, 0.1) is 13.8 Å². The molecule has 0 atom stereocenters. The van der Waals surface area contributed by atoms with Gasteiger partial charge in [0.25, 0.3) is 0 Å². The molecular weight excluding hydrogens is 276 g/mol. The summed E-state index contributed by atoms with van der Waals surface area (Å²) in [5, 5.41) is 11.5. The lowest BCUT2D eigenvalue weighted by Gasteiger charge is -2.32. The largest absolute Gasteiger partial charge is 0.353 e. The minimum Gasteiger partial charge on any atom is -0.353 e. The number of piperazine rings is 1. The summed E-state index contributed by atoms with van der Waals surface area (Å²) in [5.41, 5.74) is 3.40. The van der Waals surface area contributed by atoms with Gasteiger partial charge in [-0.15, -0.1) is 5.10 Å². The fourth-order valence-corrected chi connectivity index (χ4v) is 2.53. The molecule has 0 unspecified atom stereocenters. The predicted octanol–water partition coefficient (Wildman–Crippen LogP) is 1.98. The Morgan fingerprint density at radius 1 is 1.09 bits per heavy atom. The average Bonchev–Trinajstić information content (AvgIpc) is 2.52. The van der Waals surface area contributed by atoms with E-state index in [4.69, 9.17) is 0 Å². The molecule has 0 aliphatic carbocycles. The van der Waals surface area contributed by atoms with E-state index in [0.717, 1.165) is 37.7 Å². The van der Waals surface area contributed by atoms with Gasteiger partial charge >= 0.3 is 0 Å².